The fourth-order valence-electron chi connectivity index (χ4n) is 2.00. The highest BCUT2D eigenvalue weighted by molar-refractivity contribution is 9.10. The molecule has 20 heavy (non-hydrogen) atoms. The van der Waals surface area contributed by atoms with Gasteiger partial charge in [0.05, 0.1) is 12.1 Å². The van der Waals surface area contributed by atoms with Gasteiger partial charge in [-0.3, -0.25) is 0 Å². The maximum Gasteiger partial charge on any atom is 0.129 e. The SMILES string of the molecule is Cl.N[C@H](c1c(F)cccc1Br)[C@@H](O)Cc1ccccc1. The molecule has 0 bridgehead atoms. The summed E-state index contributed by atoms with van der Waals surface area (Å²) < 4.78 is 14.4. The minimum Gasteiger partial charge on any atom is -0.391 e. The highest BCUT2D eigenvalue weighted by Crippen LogP contribution is 2.27. The molecule has 0 radical (unpaired) electrons. The Labute approximate surface area is 132 Å². The monoisotopic (exact) mass is 359 g/mol. The lowest BCUT2D eigenvalue weighted by molar-refractivity contribution is 0.143. The summed E-state index contributed by atoms with van der Waals surface area (Å²) in [6.07, 6.45) is -0.446. The van der Waals surface area contributed by atoms with Crippen molar-refractivity contribution in [3.8, 4) is 0 Å². The summed E-state index contributed by atoms with van der Waals surface area (Å²) in [6, 6.07) is 13.4. The average molecular weight is 361 g/mol. The maximum atomic E-state index is 13.8. The van der Waals surface area contributed by atoms with Gasteiger partial charge in [0.15, 0.2) is 0 Å². The van der Waals surface area contributed by atoms with Gasteiger partial charge in [-0.15, -0.1) is 12.4 Å². The van der Waals surface area contributed by atoms with Crippen LogP contribution in [0.15, 0.2) is 53.0 Å². The van der Waals surface area contributed by atoms with Gasteiger partial charge in [-0.05, 0) is 17.7 Å². The molecule has 3 N–H and O–H groups in total. The molecule has 2 atom stereocenters. The quantitative estimate of drug-likeness (QED) is 0.875. The number of halogens is 3. The molecule has 5 heteroatoms. The lowest BCUT2D eigenvalue weighted by Gasteiger charge is -2.21. The zero-order chi connectivity index (χ0) is 13.8. The Bertz CT molecular complexity index is 533. The molecule has 0 aliphatic heterocycles. The Balaban J connectivity index is 0.00000200. The summed E-state index contributed by atoms with van der Waals surface area (Å²) in [6.45, 7) is 0. The molecule has 2 rings (SSSR count). The Morgan fingerprint density at radius 3 is 2.35 bits per heavy atom. The molecule has 0 heterocycles. The van der Waals surface area contributed by atoms with Gasteiger partial charge in [0.2, 0.25) is 0 Å². The van der Waals surface area contributed by atoms with Crippen molar-refractivity contribution >= 4 is 28.3 Å². The Hall–Kier alpha value is -0.940. The van der Waals surface area contributed by atoms with Crippen LogP contribution in [-0.2, 0) is 6.42 Å². The van der Waals surface area contributed by atoms with Crippen LogP contribution >= 0.6 is 28.3 Å². The van der Waals surface area contributed by atoms with Crippen LogP contribution in [0.1, 0.15) is 17.2 Å². The molecular formula is C15H16BrClFNO. The Kier molecular flexibility index (Phi) is 6.62. The molecule has 0 saturated heterocycles. The second-order valence-electron chi connectivity index (χ2n) is 4.42. The smallest absolute Gasteiger partial charge is 0.129 e. The predicted octanol–water partition coefficient (Wildman–Crippen LogP) is 3.61. The molecule has 0 aliphatic rings. The van der Waals surface area contributed by atoms with Gasteiger partial charge in [-0.1, -0.05) is 52.3 Å². The number of nitrogens with two attached hydrogens (primary N) is 1. The summed E-state index contributed by atoms with van der Waals surface area (Å²) in [5, 5.41) is 10.2. The van der Waals surface area contributed by atoms with Crippen molar-refractivity contribution in [2.45, 2.75) is 18.6 Å². The minimum atomic E-state index is -0.837. The summed E-state index contributed by atoms with van der Waals surface area (Å²) in [4.78, 5) is 0. The van der Waals surface area contributed by atoms with E-state index in [1.54, 1.807) is 12.1 Å². The number of rotatable bonds is 4. The summed E-state index contributed by atoms with van der Waals surface area (Å²) in [7, 11) is 0. The van der Waals surface area contributed by atoms with E-state index in [0.717, 1.165) is 5.56 Å². The molecular weight excluding hydrogens is 345 g/mol. The fourth-order valence-corrected chi connectivity index (χ4v) is 2.61. The topological polar surface area (TPSA) is 46.2 Å². The van der Waals surface area contributed by atoms with Gasteiger partial charge >= 0.3 is 0 Å². The third-order valence-corrected chi connectivity index (χ3v) is 3.73. The first kappa shape index (κ1) is 17.1. The molecule has 0 aromatic heterocycles. The number of hydrogen-bond donors (Lipinski definition) is 2. The van der Waals surface area contributed by atoms with E-state index >= 15 is 0 Å². The molecule has 108 valence electrons. The van der Waals surface area contributed by atoms with E-state index in [2.05, 4.69) is 15.9 Å². The second kappa shape index (κ2) is 7.74. The van der Waals surface area contributed by atoms with Crippen molar-refractivity contribution in [3.05, 3.63) is 69.9 Å². The maximum absolute atomic E-state index is 13.8. The highest BCUT2D eigenvalue weighted by atomic mass is 79.9. The van der Waals surface area contributed by atoms with Crippen LogP contribution < -0.4 is 5.73 Å². The van der Waals surface area contributed by atoms with E-state index < -0.39 is 18.0 Å². The van der Waals surface area contributed by atoms with Gasteiger partial charge in [0.1, 0.15) is 5.82 Å². The van der Waals surface area contributed by atoms with Gasteiger partial charge in [0, 0.05) is 16.5 Å². The third kappa shape index (κ3) is 4.03. The van der Waals surface area contributed by atoms with Crippen LogP contribution in [0.25, 0.3) is 0 Å². The normalized spacial score (nSPS) is 13.4. The zero-order valence-electron chi connectivity index (χ0n) is 10.7. The van der Waals surface area contributed by atoms with E-state index in [1.807, 2.05) is 30.3 Å². The second-order valence-corrected chi connectivity index (χ2v) is 5.27. The van der Waals surface area contributed by atoms with E-state index in [-0.39, 0.29) is 12.4 Å². The first-order valence-corrected chi connectivity index (χ1v) is 6.80. The van der Waals surface area contributed by atoms with Crippen molar-refractivity contribution in [2.75, 3.05) is 0 Å². The number of aliphatic hydroxyl groups excluding tert-OH is 1. The molecule has 2 aromatic rings. The molecule has 0 fully saturated rings. The van der Waals surface area contributed by atoms with Crippen molar-refractivity contribution in [2.24, 2.45) is 5.73 Å². The number of aliphatic hydroxyl groups is 1. The average Bonchev–Trinajstić information content (AvgIpc) is 2.39. The van der Waals surface area contributed by atoms with Gasteiger partial charge in [-0.2, -0.15) is 0 Å². The van der Waals surface area contributed by atoms with Crippen LogP contribution in [0, 0.1) is 5.82 Å². The van der Waals surface area contributed by atoms with Crippen molar-refractivity contribution in [3.63, 3.8) is 0 Å². The first-order chi connectivity index (χ1) is 9.09. The number of hydrogen-bond acceptors (Lipinski definition) is 2. The van der Waals surface area contributed by atoms with Crippen LogP contribution in [-0.4, -0.2) is 11.2 Å². The molecule has 0 spiro atoms. The van der Waals surface area contributed by atoms with Crippen LogP contribution in [0.5, 0.6) is 0 Å². The molecule has 2 aromatic carbocycles. The van der Waals surface area contributed by atoms with Crippen LogP contribution in [0.2, 0.25) is 0 Å². The van der Waals surface area contributed by atoms with Gasteiger partial charge in [-0.25, -0.2) is 4.39 Å². The van der Waals surface area contributed by atoms with Crippen molar-refractivity contribution < 1.29 is 9.50 Å². The zero-order valence-corrected chi connectivity index (χ0v) is 13.1. The van der Waals surface area contributed by atoms with E-state index in [1.165, 1.54) is 6.07 Å². The molecule has 0 unspecified atom stereocenters. The molecule has 0 amide bonds. The lowest BCUT2D eigenvalue weighted by atomic mass is 9.96. The van der Waals surface area contributed by atoms with E-state index in [9.17, 15) is 9.50 Å². The fraction of sp³-hybridized carbons (Fsp3) is 0.200. The molecule has 0 saturated carbocycles. The van der Waals surface area contributed by atoms with Crippen molar-refractivity contribution in [1.29, 1.82) is 0 Å². The summed E-state index contributed by atoms with van der Waals surface area (Å²) in [5.41, 5.74) is 7.25. The van der Waals surface area contributed by atoms with Crippen molar-refractivity contribution in [1.82, 2.24) is 0 Å². The number of benzene rings is 2. The standard InChI is InChI=1S/C15H15BrFNO.ClH/c16-11-7-4-8-12(17)14(11)15(18)13(19)9-10-5-2-1-3-6-10;/h1-8,13,15,19H,9,18H2;1H/t13-,15-;/m0./s1. The third-order valence-electron chi connectivity index (χ3n) is 3.04. The predicted molar refractivity (Wildman–Crippen MR) is 84.4 cm³/mol. The summed E-state index contributed by atoms with van der Waals surface area (Å²) >= 11 is 3.27. The van der Waals surface area contributed by atoms with Gasteiger partial charge in [0.25, 0.3) is 0 Å². The van der Waals surface area contributed by atoms with Crippen LogP contribution in [0.4, 0.5) is 4.39 Å². The Morgan fingerprint density at radius 1 is 1.10 bits per heavy atom. The molecule has 0 aliphatic carbocycles. The highest BCUT2D eigenvalue weighted by Gasteiger charge is 2.22. The van der Waals surface area contributed by atoms with Gasteiger partial charge < -0.3 is 10.8 Å². The van der Waals surface area contributed by atoms with E-state index in [0.29, 0.717) is 16.5 Å². The van der Waals surface area contributed by atoms with Crippen LogP contribution in [0.3, 0.4) is 0 Å². The Morgan fingerprint density at radius 2 is 1.75 bits per heavy atom. The summed E-state index contributed by atoms with van der Waals surface area (Å²) in [5.74, 6) is -0.408. The first-order valence-electron chi connectivity index (χ1n) is 6.01. The minimum absolute atomic E-state index is 0. The molecule has 2 nitrogen and oxygen atoms in total. The largest absolute Gasteiger partial charge is 0.391 e. The lowest BCUT2D eigenvalue weighted by Crippen LogP contribution is -2.29. The van der Waals surface area contributed by atoms with E-state index in [4.69, 9.17) is 5.73 Å².